The van der Waals surface area contributed by atoms with Crippen LogP contribution in [0, 0.1) is 0 Å². The first kappa shape index (κ1) is 28.3. The molecule has 0 unspecified atom stereocenters. The highest BCUT2D eigenvalue weighted by atomic mass is 79.9. The topological polar surface area (TPSA) is 96.3 Å². The molecule has 8 nitrogen and oxygen atoms in total. The van der Waals surface area contributed by atoms with E-state index in [2.05, 4.69) is 31.5 Å². The standard InChI is InChI=1S/C27H27BrF3N5O3/c1-14(2)33-26-34-22-13-35(24(38)17-7-10-21(28)20(12-17)27(29,30)31)15(3)11-19(22)25(39)36(26)18-8-5-16(6-9-18)23(37)32-4/h5-10,12,14-15H,11,13H2,1-4H3,(H,32,37)(H,33,34)/t15-/m1/s1. The molecular weight excluding hydrogens is 579 g/mol. The summed E-state index contributed by atoms with van der Waals surface area (Å²) in [7, 11) is 1.53. The van der Waals surface area contributed by atoms with E-state index in [0.29, 0.717) is 22.5 Å². The molecule has 206 valence electrons. The number of alkyl halides is 3. The number of fused-ring (bicyclic) bond motifs is 1. The average molecular weight is 606 g/mol. The second-order valence-electron chi connectivity index (χ2n) is 9.60. The maximum Gasteiger partial charge on any atom is 0.417 e. The van der Waals surface area contributed by atoms with Crippen molar-refractivity contribution in [3.8, 4) is 5.69 Å². The van der Waals surface area contributed by atoms with Crippen molar-refractivity contribution < 1.29 is 22.8 Å². The van der Waals surface area contributed by atoms with Gasteiger partial charge in [0.15, 0.2) is 0 Å². The van der Waals surface area contributed by atoms with Crippen molar-refractivity contribution in [2.45, 2.75) is 52.0 Å². The molecule has 3 aromatic rings. The molecule has 0 spiro atoms. The Balaban J connectivity index is 1.75. The number of halogens is 4. The first-order chi connectivity index (χ1) is 18.3. The van der Waals surface area contributed by atoms with E-state index in [1.807, 2.05) is 13.8 Å². The van der Waals surface area contributed by atoms with Gasteiger partial charge in [-0.2, -0.15) is 13.2 Å². The Morgan fingerprint density at radius 2 is 1.74 bits per heavy atom. The Hall–Kier alpha value is -3.67. The number of benzene rings is 2. The van der Waals surface area contributed by atoms with Crippen molar-refractivity contribution in [3.05, 3.63) is 85.2 Å². The zero-order chi connectivity index (χ0) is 28.6. The van der Waals surface area contributed by atoms with Crippen molar-refractivity contribution in [2.24, 2.45) is 0 Å². The molecule has 2 N–H and O–H groups in total. The molecule has 39 heavy (non-hydrogen) atoms. The number of hydrogen-bond donors (Lipinski definition) is 2. The van der Waals surface area contributed by atoms with E-state index in [-0.39, 0.29) is 46.5 Å². The van der Waals surface area contributed by atoms with Crippen LogP contribution in [0.25, 0.3) is 5.69 Å². The van der Waals surface area contributed by atoms with Crippen LogP contribution in [0.4, 0.5) is 19.1 Å². The fraction of sp³-hybridized carbons (Fsp3) is 0.333. The zero-order valence-electron chi connectivity index (χ0n) is 21.7. The number of carbonyl (C=O) groups is 2. The Kier molecular flexibility index (Phi) is 7.87. The smallest absolute Gasteiger partial charge is 0.355 e. The third-order valence-corrected chi connectivity index (χ3v) is 7.12. The van der Waals surface area contributed by atoms with Gasteiger partial charge in [0, 0.05) is 40.3 Å². The van der Waals surface area contributed by atoms with Crippen molar-refractivity contribution >= 4 is 33.7 Å². The number of nitrogens with zero attached hydrogens (tertiary/aromatic N) is 3. The van der Waals surface area contributed by atoms with E-state index in [1.54, 1.807) is 31.2 Å². The van der Waals surface area contributed by atoms with Gasteiger partial charge < -0.3 is 15.5 Å². The van der Waals surface area contributed by atoms with Crippen LogP contribution in [0.1, 0.15) is 58.3 Å². The van der Waals surface area contributed by atoms with Gasteiger partial charge in [0.1, 0.15) is 0 Å². The molecule has 4 rings (SSSR count). The summed E-state index contributed by atoms with van der Waals surface area (Å²) in [5, 5.41) is 5.72. The molecule has 1 atom stereocenters. The third kappa shape index (κ3) is 5.70. The van der Waals surface area contributed by atoms with Crippen LogP contribution in [-0.2, 0) is 19.1 Å². The fourth-order valence-corrected chi connectivity index (χ4v) is 4.94. The Morgan fingerprint density at radius 1 is 1.10 bits per heavy atom. The van der Waals surface area contributed by atoms with Crippen LogP contribution in [0.2, 0.25) is 0 Å². The predicted molar refractivity (Wildman–Crippen MR) is 144 cm³/mol. The summed E-state index contributed by atoms with van der Waals surface area (Å²) in [5.41, 5.74) is 0.368. The van der Waals surface area contributed by atoms with Gasteiger partial charge in [0.25, 0.3) is 17.4 Å². The first-order valence-corrected chi connectivity index (χ1v) is 13.0. The molecular formula is C27H27BrF3N5O3. The highest BCUT2D eigenvalue weighted by Crippen LogP contribution is 2.36. The zero-order valence-corrected chi connectivity index (χ0v) is 23.3. The molecule has 0 radical (unpaired) electrons. The van der Waals surface area contributed by atoms with Crippen molar-refractivity contribution in [2.75, 3.05) is 12.4 Å². The Morgan fingerprint density at radius 3 is 2.33 bits per heavy atom. The lowest BCUT2D eigenvalue weighted by Crippen LogP contribution is -2.46. The quantitative estimate of drug-likeness (QED) is 0.436. The number of rotatable bonds is 5. The molecule has 0 saturated heterocycles. The van der Waals surface area contributed by atoms with Crippen LogP contribution in [0.5, 0.6) is 0 Å². The van der Waals surface area contributed by atoms with Crippen LogP contribution in [-0.4, -0.2) is 45.4 Å². The van der Waals surface area contributed by atoms with E-state index >= 15 is 0 Å². The minimum atomic E-state index is -4.63. The monoisotopic (exact) mass is 605 g/mol. The summed E-state index contributed by atoms with van der Waals surface area (Å²) in [5.74, 6) is -0.587. The average Bonchev–Trinajstić information content (AvgIpc) is 2.87. The molecule has 0 bridgehead atoms. The van der Waals surface area contributed by atoms with Gasteiger partial charge in [-0.1, -0.05) is 15.9 Å². The van der Waals surface area contributed by atoms with E-state index in [1.165, 1.54) is 28.6 Å². The van der Waals surface area contributed by atoms with Crippen LogP contribution in [0.3, 0.4) is 0 Å². The van der Waals surface area contributed by atoms with Crippen LogP contribution in [0.15, 0.2) is 51.7 Å². The summed E-state index contributed by atoms with van der Waals surface area (Å²) >= 11 is 2.90. The predicted octanol–water partition coefficient (Wildman–Crippen LogP) is 4.78. The van der Waals surface area contributed by atoms with Gasteiger partial charge in [-0.15, -0.1) is 0 Å². The molecule has 12 heteroatoms. The van der Waals surface area contributed by atoms with Gasteiger partial charge in [-0.05, 0) is 69.7 Å². The molecule has 0 fully saturated rings. The SMILES string of the molecule is CNC(=O)c1ccc(-n2c(NC(C)C)nc3c(c2=O)C[C@@H](C)N(C(=O)c2ccc(Br)c(C(F)(F)F)c2)C3)cc1. The number of nitrogens with one attached hydrogen (secondary N) is 2. The molecule has 0 saturated carbocycles. The molecule has 2 heterocycles. The lowest BCUT2D eigenvalue weighted by molar-refractivity contribution is -0.138. The molecule has 1 aromatic heterocycles. The van der Waals surface area contributed by atoms with Crippen LogP contribution >= 0.6 is 15.9 Å². The van der Waals surface area contributed by atoms with E-state index in [4.69, 9.17) is 0 Å². The number of anilines is 1. The highest BCUT2D eigenvalue weighted by Gasteiger charge is 2.36. The normalized spacial score (nSPS) is 15.2. The summed E-state index contributed by atoms with van der Waals surface area (Å²) < 4.78 is 41.6. The van der Waals surface area contributed by atoms with Crippen molar-refractivity contribution in [1.29, 1.82) is 0 Å². The maximum atomic E-state index is 13.7. The fourth-order valence-electron chi connectivity index (χ4n) is 4.47. The Bertz CT molecular complexity index is 1490. The highest BCUT2D eigenvalue weighted by molar-refractivity contribution is 9.10. The number of amides is 2. The summed E-state index contributed by atoms with van der Waals surface area (Å²) in [4.78, 5) is 45.2. The molecule has 2 amide bonds. The lowest BCUT2D eigenvalue weighted by Gasteiger charge is -2.35. The minimum Gasteiger partial charge on any atom is -0.355 e. The van der Waals surface area contributed by atoms with Crippen LogP contribution < -0.4 is 16.2 Å². The lowest BCUT2D eigenvalue weighted by atomic mass is 9.98. The minimum absolute atomic E-state index is 0.0365. The van der Waals surface area contributed by atoms with Gasteiger partial charge in [0.2, 0.25) is 5.95 Å². The van der Waals surface area contributed by atoms with E-state index in [9.17, 15) is 27.6 Å². The van der Waals surface area contributed by atoms with E-state index < -0.39 is 23.7 Å². The van der Waals surface area contributed by atoms with Gasteiger partial charge in [0.05, 0.1) is 23.5 Å². The van der Waals surface area contributed by atoms with Gasteiger partial charge in [-0.3, -0.25) is 14.4 Å². The summed E-state index contributed by atoms with van der Waals surface area (Å²) in [6, 6.07) is 9.33. The summed E-state index contributed by atoms with van der Waals surface area (Å²) in [6.07, 6.45) is -4.45. The number of hydrogen-bond acceptors (Lipinski definition) is 5. The van der Waals surface area contributed by atoms with Crippen molar-refractivity contribution in [1.82, 2.24) is 19.8 Å². The maximum absolute atomic E-state index is 13.7. The second kappa shape index (κ2) is 10.8. The number of carbonyl (C=O) groups excluding carboxylic acids is 2. The largest absolute Gasteiger partial charge is 0.417 e. The van der Waals surface area contributed by atoms with Crippen molar-refractivity contribution in [3.63, 3.8) is 0 Å². The molecule has 2 aromatic carbocycles. The molecule has 1 aliphatic heterocycles. The molecule has 0 aliphatic carbocycles. The number of aromatic nitrogens is 2. The first-order valence-electron chi connectivity index (χ1n) is 12.2. The van der Waals surface area contributed by atoms with E-state index in [0.717, 1.165) is 6.07 Å². The second-order valence-corrected chi connectivity index (χ2v) is 10.5. The molecule has 1 aliphatic rings. The van der Waals surface area contributed by atoms with Gasteiger partial charge >= 0.3 is 6.18 Å². The summed E-state index contributed by atoms with van der Waals surface area (Å²) in [6.45, 7) is 5.47. The Labute approximate surface area is 231 Å². The third-order valence-electron chi connectivity index (χ3n) is 6.43. The van der Waals surface area contributed by atoms with Gasteiger partial charge in [-0.25, -0.2) is 9.55 Å².